The second-order valence-corrected chi connectivity index (χ2v) is 6.17. The van der Waals surface area contributed by atoms with Crippen LogP contribution in [0.15, 0.2) is 36.4 Å². The van der Waals surface area contributed by atoms with Crippen molar-refractivity contribution in [2.45, 2.75) is 20.3 Å². The van der Waals surface area contributed by atoms with Crippen molar-refractivity contribution < 1.29 is 4.74 Å². The van der Waals surface area contributed by atoms with Gasteiger partial charge in [0.1, 0.15) is 5.75 Å². The molecular weight excluding hydrogens is 328 g/mol. The number of benzene rings is 2. The molecule has 23 heavy (non-hydrogen) atoms. The Morgan fingerprint density at radius 2 is 2.00 bits per heavy atom. The van der Waals surface area contributed by atoms with Gasteiger partial charge in [-0.05, 0) is 61.8 Å². The molecule has 0 fully saturated rings. The first-order valence-corrected chi connectivity index (χ1v) is 8.23. The van der Waals surface area contributed by atoms with Crippen LogP contribution in [-0.2, 0) is 6.42 Å². The number of rotatable bonds is 5. The summed E-state index contributed by atoms with van der Waals surface area (Å²) in [6, 6.07) is 11.9. The summed E-state index contributed by atoms with van der Waals surface area (Å²) in [5, 5.41) is 7.71. The number of ether oxygens (including phenoxy) is 1. The molecule has 0 atom stereocenters. The normalized spacial score (nSPS) is 10.3. The lowest BCUT2D eigenvalue weighted by molar-refractivity contribution is 0.409. The van der Waals surface area contributed by atoms with Crippen LogP contribution in [-0.4, -0.2) is 18.8 Å². The number of methoxy groups -OCH3 is 1. The molecule has 0 saturated carbocycles. The van der Waals surface area contributed by atoms with Crippen molar-refractivity contribution in [3.8, 4) is 5.75 Å². The quantitative estimate of drug-likeness (QED) is 0.780. The monoisotopic (exact) mass is 348 g/mol. The summed E-state index contributed by atoms with van der Waals surface area (Å²) in [7, 11) is 1.69. The lowest BCUT2D eigenvalue weighted by atomic mass is 10.1. The molecular formula is C18H21ClN2OS. The van der Waals surface area contributed by atoms with Gasteiger partial charge in [0.05, 0.1) is 7.11 Å². The van der Waals surface area contributed by atoms with Gasteiger partial charge in [-0.2, -0.15) is 0 Å². The van der Waals surface area contributed by atoms with Gasteiger partial charge in [0.15, 0.2) is 5.11 Å². The van der Waals surface area contributed by atoms with E-state index in [-0.39, 0.29) is 0 Å². The van der Waals surface area contributed by atoms with E-state index in [1.807, 2.05) is 37.3 Å². The summed E-state index contributed by atoms with van der Waals surface area (Å²) in [6.45, 7) is 4.76. The Labute approximate surface area is 148 Å². The molecule has 0 bridgehead atoms. The van der Waals surface area contributed by atoms with Crippen LogP contribution in [0.3, 0.4) is 0 Å². The van der Waals surface area contributed by atoms with Crippen LogP contribution < -0.4 is 15.4 Å². The van der Waals surface area contributed by atoms with E-state index in [0.717, 1.165) is 35.0 Å². The van der Waals surface area contributed by atoms with E-state index in [0.29, 0.717) is 5.11 Å². The fraction of sp³-hybridized carbons (Fsp3) is 0.278. The van der Waals surface area contributed by atoms with Gasteiger partial charge in [0.25, 0.3) is 0 Å². The zero-order valence-electron chi connectivity index (χ0n) is 13.6. The Kier molecular flexibility index (Phi) is 6.25. The summed E-state index contributed by atoms with van der Waals surface area (Å²) < 4.78 is 5.39. The largest absolute Gasteiger partial charge is 0.496 e. The highest BCUT2D eigenvalue weighted by Crippen LogP contribution is 2.23. The van der Waals surface area contributed by atoms with E-state index in [1.54, 1.807) is 7.11 Å². The second kappa shape index (κ2) is 8.18. The first-order chi connectivity index (χ1) is 11.0. The van der Waals surface area contributed by atoms with Crippen molar-refractivity contribution in [3.05, 3.63) is 58.1 Å². The predicted molar refractivity (Wildman–Crippen MR) is 102 cm³/mol. The molecule has 0 saturated heterocycles. The van der Waals surface area contributed by atoms with E-state index in [9.17, 15) is 0 Å². The van der Waals surface area contributed by atoms with Crippen molar-refractivity contribution in [1.29, 1.82) is 0 Å². The molecule has 0 radical (unpaired) electrons. The third-order valence-electron chi connectivity index (χ3n) is 3.63. The SMILES string of the molecule is COc1ccc(C)cc1CCNC(=S)Nc1cccc(Cl)c1C. The molecule has 0 aliphatic heterocycles. The molecule has 5 heteroatoms. The van der Waals surface area contributed by atoms with Gasteiger partial charge in [-0.3, -0.25) is 0 Å². The van der Waals surface area contributed by atoms with E-state index >= 15 is 0 Å². The Bertz CT molecular complexity index is 703. The van der Waals surface area contributed by atoms with Crippen LogP contribution in [0.25, 0.3) is 0 Å². The zero-order valence-corrected chi connectivity index (χ0v) is 15.1. The molecule has 0 aliphatic carbocycles. The average molecular weight is 349 g/mol. The molecule has 2 N–H and O–H groups in total. The minimum Gasteiger partial charge on any atom is -0.496 e. The van der Waals surface area contributed by atoms with Crippen LogP contribution in [0.2, 0.25) is 5.02 Å². The topological polar surface area (TPSA) is 33.3 Å². The van der Waals surface area contributed by atoms with Gasteiger partial charge >= 0.3 is 0 Å². The molecule has 0 spiro atoms. The van der Waals surface area contributed by atoms with Crippen LogP contribution in [0, 0.1) is 13.8 Å². The van der Waals surface area contributed by atoms with Gasteiger partial charge in [0, 0.05) is 17.3 Å². The summed E-state index contributed by atoms with van der Waals surface area (Å²) in [5.74, 6) is 0.905. The molecule has 0 aromatic heterocycles. The predicted octanol–water partition coefficient (Wildman–Crippen LogP) is 4.49. The number of anilines is 1. The van der Waals surface area contributed by atoms with Gasteiger partial charge < -0.3 is 15.4 Å². The first-order valence-electron chi connectivity index (χ1n) is 7.44. The Balaban J connectivity index is 1.90. The van der Waals surface area contributed by atoms with Gasteiger partial charge in [-0.15, -0.1) is 0 Å². The fourth-order valence-electron chi connectivity index (χ4n) is 2.32. The highest BCUT2D eigenvalue weighted by molar-refractivity contribution is 7.80. The maximum Gasteiger partial charge on any atom is 0.170 e. The van der Waals surface area contributed by atoms with Crippen molar-refractivity contribution >= 4 is 34.6 Å². The number of nitrogens with one attached hydrogen (secondary N) is 2. The molecule has 0 aliphatic rings. The molecule has 3 nitrogen and oxygen atoms in total. The minimum absolute atomic E-state index is 0.585. The molecule has 2 aromatic rings. The van der Waals surface area contributed by atoms with Crippen molar-refractivity contribution in [2.24, 2.45) is 0 Å². The van der Waals surface area contributed by atoms with E-state index in [1.165, 1.54) is 11.1 Å². The van der Waals surface area contributed by atoms with Crippen molar-refractivity contribution in [3.63, 3.8) is 0 Å². The van der Waals surface area contributed by atoms with Crippen LogP contribution in [0.1, 0.15) is 16.7 Å². The molecule has 2 aromatic carbocycles. The third kappa shape index (κ3) is 4.85. The van der Waals surface area contributed by atoms with Gasteiger partial charge in [-0.25, -0.2) is 0 Å². The van der Waals surface area contributed by atoms with Gasteiger partial charge in [-0.1, -0.05) is 35.4 Å². The zero-order chi connectivity index (χ0) is 16.8. The number of aryl methyl sites for hydroxylation is 1. The maximum absolute atomic E-state index is 6.11. The number of thiocarbonyl (C=S) groups is 1. The van der Waals surface area contributed by atoms with Gasteiger partial charge in [0.2, 0.25) is 0 Å². The van der Waals surface area contributed by atoms with E-state index < -0.39 is 0 Å². The highest BCUT2D eigenvalue weighted by Gasteiger charge is 2.06. The molecule has 2 rings (SSSR count). The van der Waals surface area contributed by atoms with Crippen molar-refractivity contribution in [2.75, 3.05) is 19.0 Å². The Hall–Kier alpha value is -1.78. The summed E-state index contributed by atoms with van der Waals surface area (Å²) >= 11 is 11.5. The highest BCUT2D eigenvalue weighted by atomic mass is 35.5. The smallest absolute Gasteiger partial charge is 0.170 e. The van der Waals surface area contributed by atoms with Crippen LogP contribution in [0.5, 0.6) is 5.75 Å². The minimum atomic E-state index is 0.585. The Morgan fingerprint density at radius 3 is 2.74 bits per heavy atom. The number of hydrogen-bond donors (Lipinski definition) is 2. The number of halogens is 1. The molecule has 0 unspecified atom stereocenters. The Morgan fingerprint density at radius 1 is 1.22 bits per heavy atom. The third-order valence-corrected chi connectivity index (χ3v) is 4.29. The van der Waals surface area contributed by atoms with Crippen molar-refractivity contribution in [1.82, 2.24) is 5.32 Å². The lowest BCUT2D eigenvalue weighted by Crippen LogP contribution is -2.30. The summed E-state index contributed by atoms with van der Waals surface area (Å²) in [4.78, 5) is 0. The summed E-state index contributed by atoms with van der Waals surface area (Å²) in [5.41, 5.74) is 4.29. The fourth-order valence-corrected chi connectivity index (χ4v) is 2.71. The van der Waals surface area contributed by atoms with Crippen LogP contribution >= 0.6 is 23.8 Å². The molecule has 0 amide bonds. The molecule has 0 heterocycles. The molecule has 122 valence electrons. The van der Waals surface area contributed by atoms with E-state index in [2.05, 4.69) is 23.6 Å². The standard InChI is InChI=1S/C18H21ClN2OS/c1-12-7-8-17(22-3)14(11-12)9-10-20-18(23)21-16-6-4-5-15(19)13(16)2/h4-8,11H,9-10H2,1-3H3,(H2,20,21,23). The van der Waals surface area contributed by atoms with Crippen LogP contribution in [0.4, 0.5) is 5.69 Å². The summed E-state index contributed by atoms with van der Waals surface area (Å²) in [6.07, 6.45) is 0.835. The number of hydrogen-bond acceptors (Lipinski definition) is 2. The average Bonchev–Trinajstić information content (AvgIpc) is 2.52. The van der Waals surface area contributed by atoms with E-state index in [4.69, 9.17) is 28.6 Å². The first kappa shape index (κ1) is 17.6. The lowest BCUT2D eigenvalue weighted by Gasteiger charge is -2.14. The second-order valence-electron chi connectivity index (χ2n) is 5.36. The maximum atomic E-state index is 6.11.